The van der Waals surface area contributed by atoms with Gasteiger partial charge in [0.1, 0.15) is 0 Å². The lowest BCUT2D eigenvalue weighted by Gasteiger charge is -2.14. The quantitative estimate of drug-likeness (QED) is 0.536. The molecule has 0 radical (unpaired) electrons. The van der Waals surface area contributed by atoms with E-state index in [0.717, 1.165) is 0 Å². The number of halogens is 5. The van der Waals surface area contributed by atoms with Gasteiger partial charge in [0, 0.05) is 0 Å². The summed E-state index contributed by atoms with van der Waals surface area (Å²) in [5.74, 6) is -4.63. The summed E-state index contributed by atoms with van der Waals surface area (Å²) in [7, 11) is 0. The minimum Gasteiger partial charge on any atom is -0.503 e. The predicted octanol–water partition coefficient (Wildman–Crippen LogP) is 1.72. The van der Waals surface area contributed by atoms with E-state index in [9.17, 15) is 21.7 Å². The van der Waals surface area contributed by atoms with Crippen LogP contribution in [0.3, 0.4) is 0 Å². The van der Waals surface area contributed by atoms with E-state index in [1.807, 2.05) is 0 Å². The Labute approximate surface area is 69.9 Å². The summed E-state index contributed by atoms with van der Waals surface area (Å²) in [6, 6.07) is 0.108. The average Bonchev–Trinajstić information content (AvgIpc) is 1.97. The first-order chi connectivity index (χ1) is 5.82. The van der Waals surface area contributed by atoms with Crippen LogP contribution in [-0.4, -0.2) is 12.1 Å². The van der Waals surface area contributed by atoms with Gasteiger partial charge in [0.25, 0.3) is 0 Å². The average molecular weight is 197 g/mol. The Bertz CT molecular complexity index is 311. The molecule has 0 bridgehead atoms. The number of hydrogen-bond donors (Lipinski definition) is 1. The standard InChI is InChI=1S/C6H3BF5O/c8-4-1-3(7(10,11)12)2-5(9)6(4)13/h1-2,13H/q-1. The number of phenols is 1. The fourth-order valence-corrected chi connectivity index (χ4v) is 0.774. The van der Waals surface area contributed by atoms with Crippen LogP contribution in [0.15, 0.2) is 12.1 Å². The van der Waals surface area contributed by atoms with E-state index < -0.39 is 29.8 Å². The Morgan fingerprint density at radius 2 is 1.38 bits per heavy atom. The SMILES string of the molecule is Oc1c(F)cc([B-](F)(F)F)cc1F. The molecule has 0 amide bonds. The van der Waals surface area contributed by atoms with Crippen molar-refractivity contribution in [3.63, 3.8) is 0 Å². The number of aromatic hydroxyl groups is 1. The maximum Gasteiger partial charge on any atom is 0.509 e. The molecule has 1 N–H and O–H groups in total. The maximum absolute atomic E-state index is 12.4. The van der Waals surface area contributed by atoms with Gasteiger partial charge in [-0.15, -0.1) is 5.46 Å². The van der Waals surface area contributed by atoms with Crippen molar-refractivity contribution in [1.82, 2.24) is 0 Å². The van der Waals surface area contributed by atoms with E-state index >= 15 is 0 Å². The Morgan fingerprint density at radius 1 is 1.00 bits per heavy atom. The molecule has 0 saturated carbocycles. The summed E-state index contributed by atoms with van der Waals surface area (Å²) in [6.45, 7) is -5.45. The first-order valence-electron chi connectivity index (χ1n) is 3.20. The van der Waals surface area contributed by atoms with Crippen LogP contribution < -0.4 is 5.46 Å². The van der Waals surface area contributed by atoms with Gasteiger partial charge in [-0.05, 0) is 12.1 Å². The molecular formula is C6H3BF5O-. The van der Waals surface area contributed by atoms with Gasteiger partial charge in [0.15, 0.2) is 17.4 Å². The van der Waals surface area contributed by atoms with Gasteiger partial charge in [-0.1, -0.05) is 0 Å². The van der Waals surface area contributed by atoms with Crippen LogP contribution in [0, 0.1) is 11.6 Å². The third-order valence-corrected chi connectivity index (χ3v) is 1.42. The van der Waals surface area contributed by atoms with Crippen LogP contribution in [0.1, 0.15) is 0 Å². The predicted molar refractivity (Wildman–Crippen MR) is 36.7 cm³/mol. The van der Waals surface area contributed by atoms with Crippen LogP contribution in [-0.2, 0) is 0 Å². The van der Waals surface area contributed by atoms with E-state index in [-0.39, 0.29) is 12.1 Å². The van der Waals surface area contributed by atoms with Crippen molar-refractivity contribution in [3.05, 3.63) is 23.8 Å². The van der Waals surface area contributed by atoms with Gasteiger partial charge in [-0.2, -0.15) is 0 Å². The van der Waals surface area contributed by atoms with Crippen molar-refractivity contribution in [2.45, 2.75) is 0 Å². The van der Waals surface area contributed by atoms with Crippen LogP contribution in [0.5, 0.6) is 5.75 Å². The van der Waals surface area contributed by atoms with Gasteiger partial charge >= 0.3 is 6.98 Å². The second-order valence-corrected chi connectivity index (χ2v) is 2.41. The van der Waals surface area contributed by atoms with E-state index in [1.165, 1.54) is 0 Å². The molecule has 0 atom stereocenters. The lowest BCUT2D eigenvalue weighted by Crippen LogP contribution is -2.34. The molecule has 1 aromatic carbocycles. The van der Waals surface area contributed by atoms with Crippen molar-refractivity contribution in [1.29, 1.82) is 0 Å². The molecule has 0 aliphatic heterocycles. The van der Waals surface area contributed by atoms with E-state index in [1.54, 1.807) is 0 Å². The zero-order valence-electron chi connectivity index (χ0n) is 6.07. The van der Waals surface area contributed by atoms with Gasteiger partial charge in [-0.25, -0.2) is 8.78 Å². The van der Waals surface area contributed by atoms with Crippen molar-refractivity contribution in [3.8, 4) is 5.75 Å². The fraction of sp³-hybridized carbons (Fsp3) is 0. The second kappa shape index (κ2) is 2.90. The summed E-state index contributed by atoms with van der Waals surface area (Å²) in [6.07, 6.45) is 0. The Kier molecular flexibility index (Phi) is 2.19. The lowest BCUT2D eigenvalue weighted by molar-refractivity contribution is 0.396. The Hall–Kier alpha value is -1.27. The van der Waals surface area contributed by atoms with Crippen LogP contribution >= 0.6 is 0 Å². The molecule has 0 aromatic heterocycles. The zero-order valence-corrected chi connectivity index (χ0v) is 6.07. The molecule has 0 spiro atoms. The Balaban J connectivity index is 3.29. The van der Waals surface area contributed by atoms with Gasteiger partial charge in [-0.3, -0.25) is 0 Å². The molecule has 0 aliphatic rings. The fourth-order valence-electron chi connectivity index (χ4n) is 0.774. The van der Waals surface area contributed by atoms with Gasteiger partial charge < -0.3 is 18.1 Å². The first-order valence-corrected chi connectivity index (χ1v) is 3.20. The van der Waals surface area contributed by atoms with Crippen molar-refractivity contribution in [2.24, 2.45) is 0 Å². The summed E-state index contributed by atoms with van der Waals surface area (Å²) < 4.78 is 60.6. The van der Waals surface area contributed by atoms with Gasteiger partial charge in [0.05, 0.1) is 0 Å². The summed E-state index contributed by atoms with van der Waals surface area (Å²) in [5.41, 5.74) is -1.41. The molecule has 7 heteroatoms. The molecule has 0 saturated heterocycles. The molecule has 0 aliphatic carbocycles. The molecule has 72 valence electrons. The minimum absolute atomic E-state index is 0.0540. The topological polar surface area (TPSA) is 20.2 Å². The third kappa shape index (κ3) is 1.91. The summed E-state index contributed by atoms with van der Waals surface area (Å²) in [4.78, 5) is 0. The Morgan fingerprint density at radius 3 is 1.69 bits per heavy atom. The molecule has 0 fully saturated rings. The monoisotopic (exact) mass is 197 g/mol. The summed E-state index contributed by atoms with van der Waals surface area (Å²) >= 11 is 0. The number of hydrogen-bond acceptors (Lipinski definition) is 1. The third-order valence-electron chi connectivity index (χ3n) is 1.42. The van der Waals surface area contributed by atoms with E-state index in [0.29, 0.717) is 0 Å². The highest BCUT2D eigenvalue weighted by Gasteiger charge is 2.27. The first kappa shape index (κ1) is 9.82. The zero-order chi connectivity index (χ0) is 10.2. The highest BCUT2D eigenvalue weighted by atomic mass is 19.4. The van der Waals surface area contributed by atoms with Crippen LogP contribution in [0.25, 0.3) is 0 Å². The number of rotatable bonds is 1. The normalized spacial score (nSPS) is 11.8. The highest BCUT2D eigenvalue weighted by Crippen LogP contribution is 2.20. The minimum atomic E-state index is -5.45. The van der Waals surface area contributed by atoms with Gasteiger partial charge in [0.2, 0.25) is 0 Å². The highest BCUT2D eigenvalue weighted by molar-refractivity contribution is 6.73. The molecule has 1 rings (SSSR count). The van der Waals surface area contributed by atoms with Crippen molar-refractivity contribution >= 4 is 12.4 Å². The van der Waals surface area contributed by atoms with Crippen molar-refractivity contribution < 1.29 is 26.8 Å². The lowest BCUT2D eigenvalue weighted by atomic mass is 9.80. The molecule has 1 aromatic rings. The number of benzene rings is 1. The molecule has 1 nitrogen and oxygen atoms in total. The largest absolute Gasteiger partial charge is 0.509 e. The maximum atomic E-state index is 12.4. The second-order valence-electron chi connectivity index (χ2n) is 2.41. The van der Waals surface area contributed by atoms with Crippen molar-refractivity contribution in [2.75, 3.05) is 0 Å². The molecule has 0 unspecified atom stereocenters. The summed E-state index contributed by atoms with van der Waals surface area (Å²) in [5, 5.41) is 8.49. The smallest absolute Gasteiger partial charge is 0.503 e. The molecule has 13 heavy (non-hydrogen) atoms. The van der Waals surface area contributed by atoms with Crippen LogP contribution in [0.4, 0.5) is 21.7 Å². The number of phenolic OH excluding ortho intramolecular Hbond substituents is 1. The van der Waals surface area contributed by atoms with Crippen LogP contribution in [0.2, 0.25) is 0 Å². The van der Waals surface area contributed by atoms with E-state index in [2.05, 4.69) is 0 Å². The van der Waals surface area contributed by atoms with E-state index in [4.69, 9.17) is 5.11 Å². The molecular weight excluding hydrogens is 194 g/mol. The molecule has 0 heterocycles.